The number of nitrogens with zero attached hydrogens (tertiary/aromatic N) is 1. The second-order valence-electron chi connectivity index (χ2n) is 11.6. The fraction of sp³-hybridized carbons (Fsp3) is 0.364. The van der Waals surface area contributed by atoms with Crippen LogP contribution in [0.1, 0.15) is 50.3 Å². The van der Waals surface area contributed by atoms with Crippen LogP contribution in [0.3, 0.4) is 0 Å². The normalized spacial score (nSPS) is 14.0. The number of hydrogen-bond acceptors (Lipinski definition) is 5. The number of hydrogen-bond donors (Lipinski definition) is 2. The lowest BCUT2D eigenvalue weighted by molar-refractivity contribution is -0.148. The van der Waals surface area contributed by atoms with E-state index < -0.39 is 36.7 Å². The van der Waals surface area contributed by atoms with Gasteiger partial charge < -0.3 is 24.8 Å². The Morgan fingerprint density at radius 3 is 2.02 bits per heavy atom. The van der Waals surface area contributed by atoms with Crippen LogP contribution in [-0.2, 0) is 25.7 Å². The SMILES string of the molecule is C[C@H](OCc1ccccc1)[C@@H](NC(=O)OCC1c2ccccc2-c2ccccc21)C(=O)N(CC(=O)O)CC(C)(C)C. The summed E-state index contributed by atoms with van der Waals surface area (Å²) in [5, 5.41) is 12.2. The molecule has 0 bridgehead atoms. The lowest BCUT2D eigenvalue weighted by atomic mass is 9.95. The fourth-order valence-corrected chi connectivity index (χ4v) is 5.19. The van der Waals surface area contributed by atoms with Gasteiger partial charge in [-0.2, -0.15) is 0 Å². The number of alkyl carbamates (subject to hydrolysis) is 1. The molecule has 1 aliphatic carbocycles. The Morgan fingerprint density at radius 1 is 0.902 bits per heavy atom. The van der Waals surface area contributed by atoms with Gasteiger partial charge in [0, 0.05) is 12.5 Å². The summed E-state index contributed by atoms with van der Waals surface area (Å²) in [4.78, 5) is 39.8. The van der Waals surface area contributed by atoms with Crippen LogP contribution < -0.4 is 5.32 Å². The second-order valence-corrected chi connectivity index (χ2v) is 11.6. The van der Waals surface area contributed by atoms with Crippen molar-refractivity contribution in [1.29, 1.82) is 0 Å². The van der Waals surface area contributed by atoms with E-state index in [-0.39, 0.29) is 31.1 Å². The Hall–Kier alpha value is -4.17. The molecule has 3 aromatic rings. The second kappa shape index (κ2) is 13.0. The molecule has 0 saturated carbocycles. The van der Waals surface area contributed by atoms with Crippen molar-refractivity contribution < 1.29 is 29.0 Å². The molecule has 2 N–H and O–H groups in total. The number of carboxylic acids is 1. The van der Waals surface area contributed by atoms with Crippen molar-refractivity contribution in [1.82, 2.24) is 10.2 Å². The minimum absolute atomic E-state index is 0.0842. The summed E-state index contributed by atoms with van der Waals surface area (Å²) in [6.07, 6.45) is -1.54. The average Bonchev–Trinajstić information content (AvgIpc) is 3.26. The fourth-order valence-electron chi connectivity index (χ4n) is 5.19. The predicted octanol–water partition coefficient (Wildman–Crippen LogP) is 5.46. The highest BCUT2D eigenvalue weighted by atomic mass is 16.5. The highest BCUT2D eigenvalue weighted by Gasteiger charge is 2.35. The van der Waals surface area contributed by atoms with Gasteiger partial charge in [0.1, 0.15) is 19.2 Å². The summed E-state index contributed by atoms with van der Waals surface area (Å²) in [5.74, 6) is -1.82. The Bertz CT molecular complexity index is 1320. The molecule has 2 amide bonds. The van der Waals surface area contributed by atoms with Crippen molar-refractivity contribution in [3.05, 3.63) is 95.6 Å². The zero-order valence-corrected chi connectivity index (χ0v) is 24.0. The predicted molar refractivity (Wildman–Crippen MR) is 156 cm³/mol. The first-order valence-corrected chi connectivity index (χ1v) is 13.8. The Kier molecular flexibility index (Phi) is 9.45. The molecule has 41 heavy (non-hydrogen) atoms. The molecule has 1 aliphatic rings. The average molecular weight is 559 g/mol. The molecule has 8 heteroatoms. The number of amides is 2. The van der Waals surface area contributed by atoms with Gasteiger partial charge in [0.05, 0.1) is 12.7 Å². The summed E-state index contributed by atoms with van der Waals surface area (Å²) in [5.41, 5.74) is 4.91. The van der Waals surface area contributed by atoms with E-state index in [1.54, 1.807) is 6.92 Å². The van der Waals surface area contributed by atoms with Crippen LogP contribution in [0.25, 0.3) is 11.1 Å². The summed E-state index contributed by atoms with van der Waals surface area (Å²) in [6, 6.07) is 24.4. The van der Waals surface area contributed by atoms with Gasteiger partial charge in [0.2, 0.25) is 5.91 Å². The molecular formula is C33H38N2O6. The minimum Gasteiger partial charge on any atom is -0.480 e. The lowest BCUT2D eigenvalue weighted by Crippen LogP contribution is -2.56. The third-order valence-corrected chi connectivity index (χ3v) is 7.01. The standard InChI is InChI=1S/C33H38N2O6/c1-22(40-19-23-12-6-5-7-13-23)30(31(38)35(18-29(36)37)21-33(2,3)4)34-32(39)41-20-28-26-16-10-8-14-24(26)25-15-9-11-17-27(25)28/h5-17,22,28,30H,18-21H2,1-4H3,(H,34,39)(H,36,37)/t22-,30+/m0/s1. The van der Waals surface area contributed by atoms with Gasteiger partial charge >= 0.3 is 12.1 Å². The van der Waals surface area contributed by atoms with Crippen molar-refractivity contribution in [3.63, 3.8) is 0 Å². The first-order chi connectivity index (χ1) is 19.5. The third-order valence-electron chi connectivity index (χ3n) is 7.01. The maximum absolute atomic E-state index is 13.7. The Balaban J connectivity index is 1.51. The highest BCUT2D eigenvalue weighted by molar-refractivity contribution is 5.88. The van der Waals surface area contributed by atoms with Crippen LogP contribution in [0, 0.1) is 5.41 Å². The van der Waals surface area contributed by atoms with Gasteiger partial charge in [0.25, 0.3) is 0 Å². The van der Waals surface area contributed by atoms with E-state index in [4.69, 9.17) is 9.47 Å². The van der Waals surface area contributed by atoms with Crippen molar-refractivity contribution in [3.8, 4) is 11.1 Å². The molecule has 2 atom stereocenters. The van der Waals surface area contributed by atoms with Gasteiger partial charge in [-0.15, -0.1) is 0 Å². The number of ether oxygens (including phenoxy) is 2. The maximum atomic E-state index is 13.7. The van der Waals surface area contributed by atoms with Crippen LogP contribution in [-0.4, -0.2) is 59.8 Å². The van der Waals surface area contributed by atoms with E-state index in [0.717, 1.165) is 27.8 Å². The molecule has 3 aromatic carbocycles. The molecule has 0 aliphatic heterocycles. The quantitative estimate of drug-likeness (QED) is 0.324. The molecule has 0 spiro atoms. The summed E-state index contributed by atoms with van der Waals surface area (Å²) in [6.45, 7) is 7.43. The first kappa shape index (κ1) is 29.8. The molecule has 0 fully saturated rings. The van der Waals surface area contributed by atoms with Gasteiger partial charge in [-0.25, -0.2) is 4.79 Å². The van der Waals surface area contributed by atoms with Crippen LogP contribution in [0.4, 0.5) is 4.79 Å². The maximum Gasteiger partial charge on any atom is 0.407 e. The van der Waals surface area contributed by atoms with Crippen LogP contribution in [0.2, 0.25) is 0 Å². The largest absolute Gasteiger partial charge is 0.480 e. The number of carbonyl (C=O) groups is 3. The molecule has 8 nitrogen and oxygen atoms in total. The lowest BCUT2D eigenvalue weighted by Gasteiger charge is -2.33. The Morgan fingerprint density at radius 2 is 1.46 bits per heavy atom. The van der Waals surface area contributed by atoms with E-state index in [0.29, 0.717) is 0 Å². The summed E-state index contributed by atoms with van der Waals surface area (Å²) >= 11 is 0. The van der Waals surface area contributed by atoms with Gasteiger partial charge in [-0.05, 0) is 40.2 Å². The molecule has 0 heterocycles. The zero-order valence-electron chi connectivity index (χ0n) is 24.0. The molecule has 0 aromatic heterocycles. The van der Waals surface area contributed by atoms with E-state index in [1.165, 1.54) is 4.90 Å². The molecule has 4 rings (SSSR count). The van der Waals surface area contributed by atoms with Crippen LogP contribution in [0.5, 0.6) is 0 Å². The van der Waals surface area contributed by atoms with Gasteiger partial charge in [0.15, 0.2) is 0 Å². The van der Waals surface area contributed by atoms with Crippen molar-refractivity contribution >= 4 is 18.0 Å². The number of fused-ring (bicyclic) bond motifs is 3. The minimum atomic E-state index is -1.16. The smallest absolute Gasteiger partial charge is 0.407 e. The van der Waals surface area contributed by atoms with E-state index >= 15 is 0 Å². The van der Waals surface area contributed by atoms with Crippen LogP contribution in [0.15, 0.2) is 78.9 Å². The number of benzene rings is 3. The third kappa shape index (κ3) is 7.73. The van der Waals surface area contributed by atoms with Crippen LogP contribution >= 0.6 is 0 Å². The summed E-state index contributed by atoms with van der Waals surface area (Å²) < 4.78 is 11.7. The topological polar surface area (TPSA) is 105 Å². The van der Waals surface area contributed by atoms with Gasteiger partial charge in [-0.1, -0.05) is 99.6 Å². The molecule has 0 unspecified atom stereocenters. The van der Waals surface area contributed by atoms with Crippen molar-refractivity contribution in [2.45, 2.75) is 52.4 Å². The number of carboxylic acid groups (broad SMARTS) is 1. The van der Waals surface area contributed by atoms with E-state index in [1.807, 2.05) is 87.5 Å². The van der Waals surface area contributed by atoms with E-state index in [9.17, 15) is 19.5 Å². The molecule has 0 saturated heterocycles. The number of carbonyl (C=O) groups excluding carboxylic acids is 2. The Labute approximate surface area is 241 Å². The highest BCUT2D eigenvalue weighted by Crippen LogP contribution is 2.44. The molecule has 216 valence electrons. The number of nitrogens with one attached hydrogen (secondary N) is 1. The molecule has 0 radical (unpaired) electrons. The first-order valence-electron chi connectivity index (χ1n) is 13.8. The number of rotatable bonds is 11. The number of aliphatic carboxylic acids is 1. The zero-order chi connectivity index (χ0) is 29.6. The van der Waals surface area contributed by atoms with E-state index in [2.05, 4.69) is 17.4 Å². The van der Waals surface area contributed by atoms with Gasteiger partial charge in [-0.3, -0.25) is 9.59 Å². The monoisotopic (exact) mass is 558 g/mol. The van der Waals surface area contributed by atoms with Crippen molar-refractivity contribution in [2.24, 2.45) is 5.41 Å². The molecular weight excluding hydrogens is 520 g/mol. The summed E-state index contributed by atoms with van der Waals surface area (Å²) in [7, 11) is 0. The van der Waals surface area contributed by atoms with Crippen molar-refractivity contribution in [2.75, 3.05) is 19.7 Å².